The number of amides is 1. The number of hydrogen-bond donors (Lipinski definition) is 3. The van der Waals surface area contributed by atoms with E-state index in [1.807, 2.05) is 6.07 Å². The summed E-state index contributed by atoms with van der Waals surface area (Å²) in [6, 6.07) is 5.88. The molecule has 1 aromatic carbocycles. The summed E-state index contributed by atoms with van der Waals surface area (Å²) in [5, 5.41) is 15.3. The molecule has 1 amide bonds. The zero-order chi connectivity index (χ0) is 12.5. The number of hydrogen-bond acceptors (Lipinski definition) is 3. The van der Waals surface area contributed by atoms with Gasteiger partial charge in [-0.2, -0.15) is 0 Å². The molecule has 3 N–H and O–H groups in total. The van der Waals surface area contributed by atoms with Gasteiger partial charge in [-0.25, -0.2) is 0 Å². The lowest BCUT2D eigenvalue weighted by Crippen LogP contribution is -2.35. The Labute approximate surface area is 106 Å². The highest BCUT2D eigenvalue weighted by atomic mass is 16.3. The average molecular weight is 246 g/mol. The molecule has 2 aliphatic rings. The summed E-state index contributed by atoms with van der Waals surface area (Å²) in [6.07, 6.45) is 3.57. The number of aliphatic hydroxyl groups excluding tert-OH is 1. The van der Waals surface area contributed by atoms with Gasteiger partial charge in [0.2, 0.25) is 5.91 Å². The van der Waals surface area contributed by atoms with E-state index in [0.717, 1.165) is 18.5 Å². The van der Waals surface area contributed by atoms with Crippen LogP contribution in [0.3, 0.4) is 0 Å². The number of nitrogens with one attached hydrogen (secondary N) is 2. The van der Waals surface area contributed by atoms with Gasteiger partial charge in [0.1, 0.15) is 0 Å². The minimum Gasteiger partial charge on any atom is -0.392 e. The summed E-state index contributed by atoms with van der Waals surface area (Å²) in [4.78, 5) is 12.0. The minimum atomic E-state index is -0.402. The van der Waals surface area contributed by atoms with Crippen LogP contribution >= 0.6 is 0 Å². The fraction of sp³-hybridized carbons (Fsp3) is 0.500. The minimum absolute atomic E-state index is 0.0514. The molecule has 18 heavy (non-hydrogen) atoms. The normalized spacial score (nSPS) is 26.1. The van der Waals surface area contributed by atoms with Gasteiger partial charge < -0.3 is 15.7 Å². The van der Waals surface area contributed by atoms with Gasteiger partial charge in [-0.05, 0) is 48.9 Å². The van der Waals surface area contributed by atoms with Gasteiger partial charge >= 0.3 is 0 Å². The van der Waals surface area contributed by atoms with Crippen molar-refractivity contribution in [1.29, 1.82) is 0 Å². The average Bonchev–Trinajstić information content (AvgIpc) is 2.96. The maximum atomic E-state index is 12.0. The lowest BCUT2D eigenvalue weighted by Gasteiger charge is -2.12. The molecule has 1 fully saturated rings. The van der Waals surface area contributed by atoms with Gasteiger partial charge in [0.15, 0.2) is 0 Å². The van der Waals surface area contributed by atoms with Crippen LogP contribution in [-0.4, -0.2) is 29.7 Å². The van der Waals surface area contributed by atoms with Crippen LogP contribution in [0.2, 0.25) is 0 Å². The van der Waals surface area contributed by atoms with E-state index < -0.39 is 6.10 Å². The van der Waals surface area contributed by atoms with Crippen LogP contribution in [0.4, 0.5) is 5.69 Å². The number of carbonyl (C=O) groups is 1. The van der Waals surface area contributed by atoms with Crippen molar-refractivity contribution in [3.8, 4) is 0 Å². The Morgan fingerprint density at radius 2 is 2.17 bits per heavy atom. The molecular formula is C14H18N2O2. The third-order valence-electron chi connectivity index (χ3n) is 3.79. The highest BCUT2D eigenvalue weighted by Gasteiger charge is 2.28. The van der Waals surface area contributed by atoms with Crippen molar-refractivity contribution in [2.45, 2.75) is 37.8 Å². The lowest BCUT2D eigenvalue weighted by molar-refractivity contribution is -0.117. The topological polar surface area (TPSA) is 61.4 Å². The Kier molecular flexibility index (Phi) is 3.06. The van der Waals surface area contributed by atoms with Crippen LogP contribution in [0.25, 0.3) is 0 Å². The SMILES string of the molecule is O=C(Nc1ccc2c(c1)CCC2)C1CC(O)CN1. The number of rotatable bonds is 2. The largest absolute Gasteiger partial charge is 0.392 e. The summed E-state index contributed by atoms with van der Waals surface area (Å²) in [5.74, 6) is -0.0514. The van der Waals surface area contributed by atoms with Gasteiger partial charge in [-0.15, -0.1) is 0 Å². The molecule has 1 aliphatic heterocycles. The number of carbonyl (C=O) groups excluding carboxylic acids is 1. The molecular weight excluding hydrogens is 228 g/mol. The lowest BCUT2D eigenvalue weighted by atomic mass is 10.1. The summed E-state index contributed by atoms with van der Waals surface area (Å²) < 4.78 is 0. The maximum absolute atomic E-state index is 12.0. The molecule has 0 bridgehead atoms. The first kappa shape index (κ1) is 11.7. The maximum Gasteiger partial charge on any atom is 0.241 e. The van der Waals surface area contributed by atoms with Crippen LogP contribution in [0.5, 0.6) is 0 Å². The molecule has 96 valence electrons. The van der Waals surface area contributed by atoms with E-state index in [9.17, 15) is 9.90 Å². The molecule has 3 rings (SSSR count). The Morgan fingerprint density at radius 1 is 1.33 bits per heavy atom. The van der Waals surface area contributed by atoms with Crippen molar-refractivity contribution >= 4 is 11.6 Å². The van der Waals surface area contributed by atoms with Crippen LogP contribution in [-0.2, 0) is 17.6 Å². The van der Waals surface area contributed by atoms with Crippen molar-refractivity contribution in [1.82, 2.24) is 5.32 Å². The van der Waals surface area contributed by atoms with E-state index in [4.69, 9.17) is 0 Å². The molecule has 4 heteroatoms. The quantitative estimate of drug-likeness (QED) is 0.724. The molecule has 2 unspecified atom stereocenters. The number of β-amino-alcohol motifs (C(OH)–C–C–N with tert-alkyl or cyclic N) is 1. The Hall–Kier alpha value is -1.39. The van der Waals surface area contributed by atoms with Crippen molar-refractivity contribution in [2.75, 3.05) is 11.9 Å². The second kappa shape index (κ2) is 4.71. The number of aryl methyl sites for hydroxylation is 2. The van der Waals surface area contributed by atoms with Gasteiger partial charge in [0.05, 0.1) is 12.1 Å². The third-order valence-corrected chi connectivity index (χ3v) is 3.79. The molecule has 0 radical (unpaired) electrons. The summed E-state index contributed by atoms with van der Waals surface area (Å²) in [5.41, 5.74) is 3.62. The molecule has 0 saturated carbocycles. The van der Waals surface area contributed by atoms with E-state index in [1.165, 1.54) is 17.5 Å². The number of fused-ring (bicyclic) bond motifs is 1. The highest BCUT2D eigenvalue weighted by molar-refractivity contribution is 5.95. The van der Waals surface area contributed by atoms with E-state index in [0.29, 0.717) is 13.0 Å². The van der Waals surface area contributed by atoms with Crippen LogP contribution in [0, 0.1) is 0 Å². The second-order valence-electron chi connectivity index (χ2n) is 5.18. The zero-order valence-corrected chi connectivity index (χ0v) is 10.3. The van der Waals surface area contributed by atoms with Crippen molar-refractivity contribution in [3.63, 3.8) is 0 Å². The Balaban J connectivity index is 1.67. The summed E-state index contributed by atoms with van der Waals surface area (Å²) >= 11 is 0. The predicted octanol–water partition coefficient (Wildman–Crippen LogP) is 0.837. The zero-order valence-electron chi connectivity index (χ0n) is 10.3. The van der Waals surface area contributed by atoms with Crippen molar-refractivity contribution < 1.29 is 9.90 Å². The fourth-order valence-electron chi connectivity index (χ4n) is 2.80. The highest BCUT2D eigenvalue weighted by Crippen LogP contribution is 2.25. The van der Waals surface area contributed by atoms with Gasteiger partial charge in [0.25, 0.3) is 0 Å². The summed E-state index contributed by atoms with van der Waals surface area (Å²) in [6.45, 7) is 0.502. The molecule has 1 aliphatic carbocycles. The fourth-order valence-corrected chi connectivity index (χ4v) is 2.80. The van der Waals surface area contributed by atoms with Crippen LogP contribution in [0.1, 0.15) is 24.0 Å². The first-order valence-corrected chi connectivity index (χ1v) is 6.56. The van der Waals surface area contributed by atoms with E-state index in [-0.39, 0.29) is 11.9 Å². The smallest absolute Gasteiger partial charge is 0.241 e. The van der Waals surface area contributed by atoms with Gasteiger partial charge in [0, 0.05) is 12.2 Å². The molecule has 1 aromatic rings. The molecule has 0 spiro atoms. The van der Waals surface area contributed by atoms with E-state index >= 15 is 0 Å². The molecule has 4 nitrogen and oxygen atoms in total. The predicted molar refractivity (Wildman–Crippen MR) is 69.5 cm³/mol. The number of aliphatic hydroxyl groups is 1. The molecule has 2 atom stereocenters. The number of benzene rings is 1. The van der Waals surface area contributed by atoms with Gasteiger partial charge in [-0.1, -0.05) is 6.07 Å². The van der Waals surface area contributed by atoms with Gasteiger partial charge in [-0.3, -0.25) is 4.79 Å². The van der Waals surface area contributed by atoms with Crippen molar-refractivity contribution in [2.24, 2.45) is 0 Å². The Bertz CT molecular complexity index is 473. The first-order valence-electron chi connectivity index (χ1n) is 6.56. The monoisotopic (exact) mass is 246 g/mol. The van der Waals surface area contributed by atoms with Crippen LogP contribution < -0.4 is 10.6 Å². The molecule has 1 saturated heterocycles. The van der Waals surface area contributed by atoms with E-state index in [2.05, 4.69) is 22.8 Å². The molecule has 1 heterocycles. The van der Waals surface area contributed by atoms with Crippen LogP contribution in [0.15, 0.2) is 18.2 Å². The third kappa shape index (κ3) is 2.26. The number of anilines is 1. The standard InChI is InChI=1S/C14H18N2O2/c17-12-7-13(15-8-12)14(18)16-11-5-4-9-2-1-3-10(9)6-11/h4-6,12-13,15,17H,1-3,7-8H2,(H,16,18). The van der Waals surface area contributed by atoms with E-state index in [1.54, 1.807) is 0 Å². The first-order chi connectivity index (χ1) is 8.72. The Morgan fingerprint density at radius 3 is 2.94 bits per heavy atom. The molecule has 0 aromatic heterocycles. The summed E-state index contributed by atoms with van der Waals surface area (Å²) in [7, 11) is 0. The van der Waals surface area contributed by atoms with Crippen molar-refractivity contribution in [3.05, 3.63) is 29.3 Å². The second-order valence-corrected chi connectivity index (χ2v) is 5.18.